The van der Waals surface area contributed by atoms with Crippen LogP contribution in [0.3, 0.4) is 0 Å². The maximum atomic E-state index is 6.15. The Morgan fingerprint density at radius 2 is 1.93 bits per heavy atom. The van der Waals surface area contributed by atoms with Crippen LogP contribution in [0.2, 0.25) is 0 Å². The first-order valence-corrected chi connectivity index (χ1v) is 8.90. The van der Waals surface area contributed by atoms with Gasteiger partial charge in [0.2, 0.25) is 0 Å². The summed E-state index contributed by atoms with van der Waals surface area (Å²) >= 11 is 0. The first kappa shape index (κ1) is 18.9. The number of hydrogen-bond donors (Lipinski definition) is 0. The average molecular weight is 367 g/mol. The molecular weight excluding hydrogens is 342 g/mol. The molecule has 0 aliphatic carbocycles. The first-order valence-electron chi connectivity index (χ1n) is 8.90. The van der Waals surface area contributed by atoms with Crippen LogP contribution in [-0.2, 0) is 11.3 Å². The van der Waals surface area contributed by atoms with E-state index in [0.717, 1.165) is 60.3 Å². The van der Waals surface area contributed by atoms with Gasteiger partial charge in [0, 0.05) is 38.1 Å². The number of hydrogen-bond acceptors (Lipinski definition) is 6. The monoisotopic (exact) mass is 367 g/mol. The molecule has 1 saturated heterocycles. The molecule has 0 aromatic heterocycles. The highest BCUT2D eigenvalue weighted by molar-refractivity contribution is 5.92. The van der Waals surface area contributed by atoms with Crippen LogP contribution in [-0.4, -0.2) is 53.4 Å². The lowest BCUT2D eigenvalue weighted by Gasteiger charge is -2.29. The minimum atomic E-state index is 0.442. The largest absolute Gasteiger partial charge is 0.497 e. The molecule has 1 heterocycles. The van der Waals surface area contributed by atoms with Crippen LogP contribution >= 0.6 is 0 Å². The van der Waals surface area contributed by atoms with Crippen molar-refractivity contribution in [1.29, 1.82) is 0 Å². The SMILES string of the molecule is C=Nc1cc(N2CCOCC2)cc(OCc2ccc(OC)cc2)c1C=NC. The molecule has 1 fully saturated rings. The van der Waals surface area contributed by atoms with Gasteiger partial charge in [-0.15, -0.1) is 0 Å². The summed E-state index contributed by atoms with van der Waals surface area (Å²) in [5, 5.41) is 0. The fourth-order valence-corrected chi connectivity index (χ4v) is 2.99. The van der Waals surface area contributed by atoms with Gasteiger partial charge < -0.3 is 19.1 Å². The van der Waals surface area contributed by atoms with E-state index in [4.69, 9.17) is 14.2 Å². The third-order valence-corrected chi connectivity index (χ3v) is 4.46. The van der Waals surface area contributed by atoms with Gasteiger partial charge in [-0.05, 0) is 30.5 Å². The fourth-order valence-electron chi connectivity index (χ4n) is 2.99. The van der Waals surface area contributed by atoms with E-state index >= 15 is 0 Å². The van der Waals surface area contributed by atoms with E-state index in [1.165, 1.54) is 0 Å². The zero-order valence-electron chi connectivity index (χ0n) is 15.9. The van der Waals surface area contributed by atoms with E-state index in [2.05, 4.69) is 21.6 Å². The molecule has 6 nitrogen and oxygen atoms in total. The Kier molecular flexibility index (Phi) is 6.44. The van der Waals surface area contributed by atoms with E-state index < -0.39 is 0 Å². The third kappa shape index (κ3) is 4.65. The number of aliphatic imine (C=N–C) groups is 2. The van der Waals surface area contributed by atoms with Gasteiger partial charge in [0.1, 0.15) is 18.1 Å². The minimum Gasteiger partial charge on any atom is -0.497 e. The zero-order chi connectivity index (χ0) is 19.1. The van der Waals surface area contributed by atoms with Crippen LogP contribution in [0.25, 0.3) is 0 Å². The van der Waals surface area contributed by atoms with Gasteiger partial charge in [0.25, 0.3) is 0 Å². The van der Waals surface area contributed by atoms with Crippen molar-refractivity contribution in [1.82, 2.24) is 0 Å². The summed E-state index contributed by atoms with van der Waals surface area (Å²) in [6.45, 7) is 7.28. The van der Waals surface area contributed by atoms with Crippen LogP contribution in [0, 0.1) is 0 Å². The van der Waals surface area contributed by atoms with Crippen LogP contribution in [0.15, 0.2) is 46.4 Å². The maximum Gasteiger partial charge on any atom is 0.132 e. The van der Waals surface area contributed by atoms with Crippen LogP contribution < -0.4 is 14.4 Å². The first-order chi connectivity index (χ1) is 13.2. The maximum absolute atomic E-state index is 6.15. The predicted octanol–water partition coefficient (Wildman–Crippen LogP) is 3.49. The summed E-state index contributed by atoms with van der Waals surface area (Å²) in [7, 11) is 3.39. The van der Waals surface area contributed by atoms with Gasteiger partial charge in [-0.1, -0.05) is 12.1 Å². The standard InChI is InChI=1S/C21H25N3O3/c1-22-14-19-20(23-2)12-17(24-8-10-26-11-9-24)13-21(19)27-15-16-4-6-18(25-3)7-5-16/h4-7,12-14H,2,8-11,15H2,1,3H3. The topological polar surface area (TPSA) is 55.7 Å². The number of anilines is 1. The van der Waals surface area contributed by atoms with Crippen molar-refractivity contribution in [2.24, 2.45) is 9.98 Å². The molecular formula is C21H25N3O3. The second kappa shape index (κ2) is 9.19. The third-order valence-electron chi connectivity index (χ3n) is 4.46. The second-order valence-corrected chi connectivity index (χ2v) is 6.16. The van der Waals surface area contributed by atoms with Crippen molar-refractivity contribution in [2.75, 3.05) is 45.4 Å². The summed E-state index contributed by atoms with van der Waals surface area (Å²) in [5.74, 6) is 1.56. The van der Waals surface area contributed by atoms with E-state index in [-0.39, 0.29) is 0 Å². The molecule has 0 atom stereocenters. The Hall–Kier alpha value is -2.86. The van der Waals surface area contributed by atoms with Gasteiger partial charge in [-0.25, -0.2) is 0 Å². The van der Waals surface area contributed by atoms with E-state index in [1.807, 2.05) is 36.4 Å². The number of ether oxygens (including phenoxy) is 3. The lowest BCUT2D eigenvalue weighted by atomic mass is 10.1. The number of nitrogens with zero attached hydrogens (tertiary/aromatic N) is 3. The summed E-state index contributed by atoms with van der Waals surface area (Å²) in [6.07, 6.45) is 1.76. The quantitative estimate of drug-likeness (QED) is 0.703. The van der Waals surface area contributed by atoms with Crippen LogP contribution in [0.4, 0.5) is 11.4 Å². The zero-order valence-corrected chi connectivity index (χ0v) is 15.9. The van der Waals surface area contributed by atoms with Gasteiger partial charge in [-0.3, -0.25) is 9.98 Å². The molecule has 1 aliphatic rings. The Morgan fingerprint density at radius 1 is 1.19 bits per heavy atom. The van der Waals surface area contributed by atoms with Crippen molar-refractivity contribution >= 4 is 24.3 Å². The highest BCUT2D eigenvalue weighted by Crippen LogP contribution is 2.34. The fraction of sp³-hybridized carbons (Fsp3) is 0.333. The highest BCUT2D eigenvalue weighted by atomic mass is 16.5. The van der Waals surface area contributed by atoms with Crippen LogP contribution in [0.5, 0.6) is 11.5 Å². The Bertz CT molecular complexity index is 797. The second-order valence-electron chi connectivity index (χ2n) is 6.16. The van der Waals surface area contributed by atoms with Crippen molar-refractivity contribution < 1.29 is 14.2 Å². The minimum absolute atomic E-state index is 0.442. The normalized spacial score (nSPS) is 14.4. The molecule has 0 bridgehead atoms. The van der Waals surface area contributed by atoms with Gasteiger partial charge in [0.15, 0.2) is 0 Å². The molecule has 3 rings (SSSR count). The number of rotatable bonds is 7. The molecule has 0 amide bonds. The van der Waals surface area contributed by atoms with Gasteiger partial charge in [0.05, 0.1) is 31.6 Å². The van der Waals surface area contributed by atoms with E-state index in [0.29, 0.717) is 6.61 Å². The Balaban J connectivity index is 1.88. The van der Waals surface area contributed by atoms with Crippen molar-refractivity contribution in [3.05, 3.63) is 47.5 Å². The predicted molar refractivity (Wildman–Crippen MR) is 110 cm³/mol. The Morgan fingerprint density at radius 3 is 2.56 bits per heavy atom. The molecule has 0 unspecified atom stereocenters. The van der Waals surface area contributed by atoms with Crippen molar-refractivity contribution in [2.45, 2.75) is 6.61 Å². The van der Waals surface area contributed by atoms with E-state index in [9.17, 15) is 0 Å². The molecule has 0 radical (unpaired) electrons. The molecule has 2 aromatic carbocycles. The average Bonchev–Trinajstić information content (AvgIpc) is 2.74. The molecule has 0 saturated carbocycles. The molecule has 0 N–H and O–H groups in total. The highest BCUT2D eigenvalue weighted by Gasteiger charge is 2.16. The molecule has 142 valence electrons. The molecule has 0 spiro atoms. The number of benzene rings is 2. The Labute approximate surface area is 160 Å². The summed E-state index contributed by atoms with van der Waals surface area (Å²) in [5.41, 5.74) is 3.70. The molecule has 2 aromatic rings. The number of morpholine rings is 1. The van der Waals surface area contributed by atoms with Crippen LogP contribution in [0.1, 0.15) is 11.1 Å². The van der Waals surface area contributed by atoms with Gasteiger partial charge >= 0.3 is 0 Å². The summed E-state index contributed by atoms with van der Waals surface area (Å²) < 4.78 is 16.8. The van der Waals surface area contributed by atoms with E-state index in [1.54, 1.807) is 20.4 Å². The number of methoxy groups -OCH3 is 1. The molecule has 1 aliphatic heterocycles. The van der Waals surface area contributed by atoms with Crippen molar-refractivity contribution in [3.63, 3.8) is 0 Å². The van der Waals surface area contributed by atoms with Crippen molar-refractivity contribution in [3.8, 4) is 11.5 Å². The summed E-state index contributed by atoms with van der Waals surface area (Å²) in [4.78, 5) is 10.6. The molecule has 27 heavy (non-hydrogen) atoms. The lowest BCUT2D eigenvalue weighted by Crippen LogP contribution is -2.36. The molecule has 6 heteroatoms. The summed E-state index contributed by atoms with van der Waals surface area (Å²) in [6, 6.07) is 11.9. The smallest absolute Gasteiger partial charge is 0.132 e. The van der Waals surface area contributed by atoms with Gasteiger partial charge in [-0.2, -0.15) is 0 Å². The lowest BCUT2D eigenvalue weighted by molar-refractivity contribution is 0.122.